The van der Waals surface area contributed by atoms with E-state index in [0.29, 0.717) is 61.2 Å². The minimum atomic E-state index is -0.923. The Bertz CT molecular complexity index is 1290. The van der Waals surface area contributed by atoms with Crippen molar-refractivity contribution in [3.05, 3.63) is 76.4 Å². The van der Waals surface area contributed by atoms with Crippen LogP contribution in [0.3, 0.4) is 0 Å². The van der Waals surface area contributed by atoms with Gasteiger partial charge in [0.25, 0.3) is 0 Å². The van der Waals surface area contributed by atoms with Crippen LogP contribution < -0.4 is 10.6 Å². The van der Waals surface area contributed by atoms with Crippen LogP contribution in [0.4, 0.5) is 19.4 Å². The van der Waals surface area contributed by atoms with Crippen molar-refractivity contribution in [3.8, 4) is 5.69 Å². The molecule has 1 saturated carbocycles. The fourth-order valence-corrected chi connectivity index (χ4v) is 5.50. The molecule has 3 aromatic rings. The number of rotatable bonds is 8. The van der Waals surface area contributed by atoms with Crippen molar-refractivity contribution < 1.29 is 23.4 Å². The summed E-state index contributed by atoms with van der Waals surface area (Å²) in [5.41, 5.74) is 1.96. The summed E-state index contributed by atoms with van der Waals surface area (Å²) >= 11 is 6.73. The Morgan fingerprint density at radius 3 is 2.61 bits per heavy atom. The van der Waals surface area contributed by atoms with Crippen molar-refractivity contribution in [2.75, 3.05) is 38.7 Å². The number of hydrogen-bond donors (Lipinski definition) is 3. The summed E-state index contributed by atoms with van der Waals surface area (Å²) in [5, 5.41) is 20.7. The first kappa shape index (κ1) is 26.6. The van der Waals surface area contributed by atoms with Crippen LogP contribution in [0.1, 0.15) is 35.9 Å². The van der Waals surface area contributed by atoms with Gasteiger partial charge in [-0.1, -0.05) is 35.9 Å². The van der Waals surface area contributed by atoms with Gasteiger partial charge in [-0.3, -0.25) is 10.2 Å². The fourth-order valence-electron chi connectivity index (χ4n) is 5.18. The number of aliphatic hydroxyl groups excluding tert-OH is 1. The topological polar surface area (TPSA) is 91.7 Å². The Hall–Kier alpha value is -3.05. The smallest absolute Gasteiger partial charge is 0.320 e. The number of hydrogen-bond acceptors (Lipinski definition) is 5. The van der Waals surface area contributed by atoms with Gasteiger partial charge in [0.05, 0.1) is 30.1 Å². The van der Waals surface area contributed by atoms with E-state index in [2.05, 4.69) is 20.6 Å². The molecule has 1 aromatic heterocycles. The zero-order valence-electron chi connectivity index (χ0n) is 20.9. The Labute approximate surface area is 224 Å². The number of nitrogens with zero attached hydrogens (tertiary/aromatic N) is 3. The number of methoxy groups -OCH3 is 1. The molecule has 1 aliphatic carbocycles. The molecule has 0 radical (unpaired) electrons. The van der Waals surface area contributed by atoms with Crippen LogP contribution in [0.15, 0.2) is 48.5 Å². The number of amides is 2. The van der Waals surface area contributed by atoms with Gasteiger partial charge in [-0.15, -0.1) is 0 Å². The highest BCUT2D eigenvalue weighted by atomic mass is 35.5. The Balaban J connectivity index is 1.38. The van der Waals surface area contributed by atoms with E-state index < -0.39 is 17.7 Å². The summed E-state index contributed by atoms with van der Waals surface area (Å²) in [5.74, 6) is -1.76. The Morgan fingerprint density at radius 1 is 1.16 bits per heavy atom. The largest absolute Gasteiger partial charge is 0.393 e. The van der Waals surface area contributed by atoms with E-state index in [-0.39, 0.29) is 24.0 Å². The number of halogens is 3. The second-order valence-corrected chi connectivity index (χ2v) is 10.2. The molecule has 2 aliphatic rings. The molecule has 2 heterocycles. The molecule has 38 heavy (non-hydrogen) atoms. The quantitative estimate of drug-likeness (QED) is 0.393. The minimum absolute atomic E-state index is 0.00741. The van der Waals surface area contributed by atoms with Gasteiger partial charge >= 0.3 is 6.03 Å². The lowest BCUT2D eigenvalue weighted by molar-refractivity contribution is 0.0731. The number of likely N-dealkylation sites (tertiary alicyclic amines) is 1. The summed E-state index contributed by atoms with van der Waals surface area (Å²) in [4.78, 5) is 15.4. The summed E-state index contributed by atoms with van der Waals surface area (Å²) in [6, 6.07) is 12.3. The predicted molar refractivity (Wildman–Crippen MR) is 140 cm³/mol. The number of carbonyl (C=O) groups excluding carboxylic acids is 1. The van der Waals surface area contributed by atoms with Gasteiger partial charge in [-0.25, -0.2) is 18.3 Å². The van der Waals surface area contributed by atoms with Gasteiger partial charge in [0.2, 0.25) is 0 Å². The predicted octanol–water partition coefficient (Wildman–Crippen LogP) is 4.28. The van der Waals surface area contributed by atoms with Crippen LogP contribution >= 0.6 is 11.6 Å². The van der Waals surface area contributed by atoms with E-state index in [1.807, 2.05) is 30.3 Å². The van der Waals surface area contributed by atoms with Gasteiger partial charge in [0, 0.05) is 38.6 Å². The zero-order chi connectivity index (χ0) is 26.8. The molecule has 1 aliphatic heterocycles. The number of ether oxygens (including phenoxy) is 1. The number of para-hydroxylation sites is 1. The lowest BCUT2D eigenvalue weighted by atomic mass is 9.80. The van der Waals surface area contributed by atoms with Gasteiger partial charge in [0.15, 0.2) is 17.5 Å². The van der Waals surface area contributed by atoms with Crippen LogP contribution in [0.5, 0.6) is 0 Å². The molecule has 0 unspecified atom stereocenters. The highest BCUT2D eigenvalue weighted by Crippen LogP contribution is 2.42. The summed E-state index contributed by atoms with van der Waals surface area (Å²) in [6.07, 6.45) is 0.744. The number of benzene rings is 2. The van der Waals surface area contributed by atoms with E-state index >= 15 is 0 Å². The van der Waals surface area contributed by atoms with Crippen molar-refractivity contribution in [3.63, 3.8) is 0 Å². The van der Waals surface area contributed by atoms with Crippen molar-refractivity contribution in [1.82, 2.24) is 20.0 Å². The normalized spacial score (nSPS) is 23.3. The van der Waals surface area contributed by atoms with Crippen molar-refractivity contribution in [1.29, 1.82) is 0 Å². The molecule has 1 saturated heterocycles. The first-order chi connectivity index (χ1) is 18.3. The fraction of sp³-hybridized carbons (Fsp3) is 0.407. The first-order valence-corrected chi connectivity index (χ1v) is 13.0. The average Bonchev–Trinajstić information content (AvgIpc) is 3.43. The second kappa shape index (κ2) is 11.4. The van der Waals surface area contributed by atoms with Crippen LogP contribution in [-0.4, -0.2) is 71.3 Å². The SMILES string of the molecule is COCCN1C[C@@H](NC(=O)Nc2c(Cl)c(C3CC(O)C3)nn2-c2ccccc2)[C@H](c2ccc(F)c(F)c2)C1. The molecule has 11 heteroatoms. The van der Waals surface area contributed by atoms with Crippen LogP contribution in [0, 0.1) is 11.6 Å². The maximum absolute atomic E-state index is 14.0. The van der Waals surface area contributed by atoms with Crippen molar-refractivity contribution >= 4 is 23.4 Å². The highest BCUT2D eigenvalue weighted by molar-refractivity contribution is 6.34. The van der Waals surface area contributed by atoms with E-state index in [9.17, 15) is 18.7 Å². The highest BCUT2D eigenvalue weighted by Gasteiger charge is 2.37. The van der Waals surface area contributed by atoms with Crippen molar-refractivity contribution in [2.24, 2.45) is 0 Å². The maximum atomic E-state index is 14.0. The molecule has 3 N–H and O–H groups in total. The summed E-state index contributed by atoms with van der Waals surface area (Å²) in [7, 11) is 1.62. The van der Waals surface area contributed by atoms with Gasteiger partial charge in [-0.05, 0) is 42.7 Å². The third kappa shape index (κ3) is 5.54. The van der Waals surface area contributed by atoms with Gasteiger partial charge in [-0.2, -0.15) is 5.10 Å². The summed E-state index contributed by atoms with van der Waals surface area (Å²) < 4.78 is 34.4. The van der Waals surface area contributed by atoms with Crippen molar-refractivity contribution in [2.45, 2.75) is 36.8 Å². The Morgan fingerprint density at radius 2 is 1.92 bits per heavy atom. The minimum Gasteiger partial charge on any atom is -0.393 e. The zero-order valence-corrected chi connectivity index (χ0v) is 21.7. The number of nitrogens with one attached hydrogen (secondary N) is 2. The molecular weight excluding hydrogens is 516 g/mol. The monoisotopic (exact) mass is 545 g/mol. The first-order valence-electron chi connectivity index (χ1n) is 12.6. The van der Waals surface area contributed by atoms with Gasteiger partial charge in [0.1, 0.15) is 5.02 Å². The van der Waals surface area contributed by atoms with E-state index in [4.69, 9.17) is 16.3 Å². The van der Waals surface area contributed by atoms with Crippen LogP contribution in [-0.2, 0) is 4.74 Å². The number of anilines is 1. The molecule has 2 aromatic carbocycles. The van der Waals surface area contributed by atoms with Gasteiger partial charge < -0.3 is 15.2 Å². The molecule has 8 nitrogen and oxygen atoms in total. The third-order valence-electron chi connectivity index (χ3n) is 7.28. The van der Waals surface area contributed by atoms with Crippen LogP contribution in [0.25, 0.3) is 5.69 Å². The summed E-state index contributed by atoms with van der Waals surface area (Å²) in [6.45, 7) is 2.21. The molecular formula is C27H30ClF2N5O3. The lowest BCUT2D eigenvalue weighted by Crippen LogP contribution is -2.42. The molecule has 202 valence electrons. The van der Waals surface area contributed by atoms with E-state index in [1.165, 1.54) is 6.07 Å². The Kier molecular flexibility index (Phi) is 7.94. The molecule has 0 spiro atoms. The molecule has 0 bridgehead atoms. The lowest BCUT2D eigenvalue weighted by Gasteiger charge is -2.30. The number of aromatic nitrogens is 2. The average molecular weight is 546 g/mol. The standard InChI is InChI=1S/C27H30ClF2N5O3/c1-38-10-9-34-14-20(16-7-8-21(29)22(30)13-16)23(15-34)31-27(37)32-26-24(28)25(17-11-19(36)12-17)33-35(26)18-5-3-2-4-6-18/h2-8,13,17,19-20,23,36H,9-12,14-15H2,1H3,(H2,31,32,37)/t17?,19?,20-,23+/m0/s1. The van der Waals surface area contributed by atoms with E-state index in [1.54, 1.807) is 17.9 Å². The molecule has 2 amide bonds. The molecule has 5 rings (SSSR count). The number of urea groups is 1. The molecule has 2 fully saturated rings. The number of carbonyl (C=O) groups is 1. The maximum Gasteiger partial charge on any atom is 0.320 e. The van der Waals surface area contributed by atoms with Crippen LogP contribution in [0.2, 0.25) is 5.02 Å². The van der Waals surface area contributed by atoms with E-state index in [0.717, 1.165) is 11.8 Å². The second-order valence-electron chi connectivity index (χ2n) is 9.85. The number of aliphatic hydroxyl groups is 1. The third-order valence-corrected chi connectivity index (χ3v) is 7.65. The molecule has 2 atom stereocenters.